The van der Waals surface area contributed by atoms with E-state index in [-0.39, 0.29) is 18.0 Å². The molecule has 88 valence electrons. The van der Waals surface area contributed by atoms with E-state index in [9.17, 15) is 9.90 Å². The Morgan fingerprint density at radius 1 is 1.60 bits per heavy atom. The third kappa shape index (κ3) is 2.86. The zero-order valence-corrected chi connectivity index (χ0v) is 10.1. The highest BCUT2D eigenvalue weighted by Gasteiger charge is 2.42. The molecule has 2 unspecified atom stereocenters. The van der Waals surface area contributed by atoms with Crippen LogP contribution in [0.15, 0.2) is 0 Å². The first kappa shape index (κ1) is 12.8. The zero-order valence-electron chi connectivity index (χ0n) is 9.21. The van der Waals surface area contributed by atoms with Gasteiger partial charge in [0.2, 0.25) is 0 Å². The normalized spacial score (nSPS) is 41.3. The lowest BCUT2D eigenvalue weighted by atomic mass is 9.90. The topological polar surface area (TPSA) is 55.8 Å². The van der Waals surface area contributed by atoms with E-state index in [4.69, 9.17) is 9.47 Å². The quantitative estimate of drug-likeness (QED) is 0.552. The van der Waals surface area contributed by atoms with Crippen molar-refractivity contribution in [2.45, 2.75) is 50.9 Å². The Morgan fingerprint density at radius 2 is 2.20 bits per heavy atom. The summed E-state index contributed by atoms with van der Waals surface area (Å²) in [6, 6.07) is 0. The van der Waals surface area contributed by atoms with Gasteiger partial charge in [-0.15, -0.1) is 12.6 Å². The predicted octanol–water partition coefficient (Wildman–Crippen LogP) is 0.980. The number of aliphatic hydroxyl groups is 1. The number of thiol groups is 1. The molecule has 15 heavy (non-hydrogen) atoms. The molecule has 0 aromatic rings. The number of aliphatic hydroxyl groups excluding tert-OH is 1. The first-order valence-corrected chi connectivity index (χ1v) is 5.67. The fourth-order valence-corrected chi connectivity index (χ4v) is 2.31. The van der Waals surface area contributed by atoms with Gasteiger partial charge in [-0.05, 0) is 6.42 Å². The molecule has 0 aromatic heterocycles. The van der Waals surface area contributed by atoms with Crippen LogP contribution in [0.4, 0.5) is 0 Å². The van der Waals surface area contributed by atoms with E-state index in [0.29, 0.717) is 0 Å². The molecule has 0 spiro atoms. The van der Waals surface area contributed by atoms with Gasteiger partial charge in [-0.1, -0.05) is 13.8 Å². The van der Waals surface area contributed by atoms with Crippen molar-refractivity contribution < 1.29 is 19.4 Å². The van der Waals surface area contributed by atoms with E-state index >= 15 is 0 Å². The van der Waals surface area contributed by atoms with E-state index < -0.39 is 17.6 Å². The molecule has 1 fully saturated rings. The van der Waals surface area contributed by atoms with Crippen molar-refractivity contribution >= 4 is 18.6 Å². The van der Waals surface area contributed by atoms with Gasteiger partial charge in [-0.2, -0.15) is 0 Å². The van der Waals surface area contributed by atoms with Crippen molar-refractivity contribution in [2.75, 3.05) is 0 Å². The van der Waals surface area contributed by atoms with E-state index in [0.717, 1.165) is 6.42 Å². The van der Waals surface area contributed by atoms with Crippen molar-refractivity contribution in [3.8, 4) is 0 Å². The minimum atomic E-state index is -0.609. The van der Waals surface area contributed by atoms with Crippen molar-refractivity contribution in [2.24, 2.45) is 5.92 Å². The number of hydrogen-bond acceptors (Lipinski definition) is 5. The van der Waals surface area contributed by atoms with Crippen LogP contribution in [-0.4, -0.2) is 34.8 Å². The van der Waals surface area contributed by atoms with Crippen LogP contribution in [0, 0.1) is 5.92 Å². The Labute approximate surface area is 95.4 Å². The number of carbonyl (C=O) groups is 1. The average molecular weight is 234 g/mol. The SMILES string of the molecule is CCC1O[C@H](S)C(OC(C)=O)[C@@H](C)[C@H]1O. The van der Waals surface area contributed by atoms with Crippen LogP contribution in [0.2, 0.25) is 0 Å². The van der Waals surface area contributed by atoms with Gasteiger partial charge in [-0.25, -0.2) is 0 Å². The molecule has 0 saturated carbocycles. The molecule has 1 heterocycles. The van der Waals surface area contributed by atoms with Gasteiger partial charge >= 0.3 is 5.97 Å². The molecule has 1 aliphatic heterocycles. The molecule has 0 aromatic carbocycles. The molecule has 5 heteroatoms. The molecule has 5 atom stereocenters. The lowest BCUT2D eigenvalue weighted by Crippen LogP contribution is -2.52. The Kier molecular flexibility index (Phi) is 4.43. The summed E-state index contributed by atoms with van der Waals surface area (Å²) >= 11 is 4.23. The van der Waals surface area contributed by atoms with Gasteiger partial charge < -0.3 is 14.6 Å². The maximum absolute atomic E-state index is 10.9. The molecule has 0 aliphatic carbocycles. The molecule has 4 nitrogen and oxygen atoms in total. The first-order valence-electron chi connectivity index (χ1n) is 5.16. The summed E-state index contributed by atoms with van der Waals surface area (Å²) < 4.78 is 10.5. The maximum Gasteiger partial charge on any atom is 0.303 e. The number of rotatable bonds is 2. The van der Waals surface area contributed by atoms with Crippen LogP contribution in [-0.2, 0) is 14.3 Å². The fourth-order valence-electron chi connectivity index (χ4n) is 1.82. The molecule has 0 radical (unpaired) electrons. The van der Waals surface area contributed by atoms with Gasteiger partial charge in [0.05, 0.1) is 12.2 Å². The summed E-state index contributed by atoms with van der Waals surface area (Å²) in [6.45, 7) is 5.12. The second-order valence-electron chi connectivity index (χ2n) is 3.90. The summed E-state index contributed by atoms with van der Waals surface area (Å²) in [6.07, 6.45) is -0.601. The third-order valence-electron chi connectivity index (χ3n) is 2.74. The van der Waals surface area contributed by atoms with Gasteiger partial charge in [0.15, 0.2) is 0 Å². The van der Waals surface area contributed by atoms with Crippen LogP contribution in [0.1, 0.15) is 27.2 Å². The number of hydrogen-bond donors (Lipinski definition) is 2. The van der Waals surface area contributed by atoms with Gasteiger partial charge in [0.25, 0.3) is 0 Å². The highest BCUT2D eigenvalue weighted by Crippen LogP contribution is 2.31. The summed E-state index contributed by atoms with van der Waals surface area (Å²) in [5.74, 6) is -0.535. The molecule has 1 N–H and O–H groups in total. The highest BCUT2D eigenvalue weighted by atomic mass is 32.1. The minimum absolute atomic E-state index is 0.157. The Morgan fingerprint density at radius 3 is 2.67 bits per heavy atom. The highest BCUT2D eigenvalue weighted by molar-refractivity contribution is 7.80. The molecule has 1 aliphatic rings. The Balaban J connectivity index is 2.70. The second kappa shape index (κ2) is 5.18. The fraction of sp³-hybridized carbons (Fsp3) is 0.900. The monoisotopic (exact) mass is 234 g/mol. The van der Waals surface area contributed by atoms with Crippen molar-refractivity contribution in [1.29, 1.82) is 0 Å². The van der Waals surface area contributed by atoms with E-state index in [1.807, 2.05) is 13.8 Å². The third-order valence-corrected chi connectivity index (χ3v) is 3.15. The molecule has 1 saturated heterocycles. The van der Waals surface area contributed by atoms with Crippen LogP contribution in [0.5, 0.6) is 0 Å². The summed E-state index contributed by atoms with van der Waals surface area (Å²) in [7, 11) is 0. The summed E-state index contributed by atoms with van der Waals surface area (Å²) in [5.41, 5.74) is -0.461. The lowest BCUT2D eigenvalue weighted by Gasteiger charge is -2.41. The van der Waals surface area contributed by atoms with Gasteiger partial charge in [-0.3, -0.25) is 4.79 Å². The second-order valence-corrected chi connectivity index (χ2v) is 4.41. The predicted molar refractivity (Wildman–Crippen MR) is 58.7 cm³/mol. The van der Waals surface area contributed by atoms with Crippen molar-refractivity contribution in [3.63, 3.8) is 0 Å². The number of carbonyl (C=O) groups excluding carboxylic acids is 1. The first-order chi connectivity index (χ1) is 6.97. The smallest absolute Gasteiger partial charge is 0.303 e. The molecule has 0 bridgehead atoms. The Hall–Kier alpha value is -0.260. The van der Waals surface area contributed by atoms with Gasteiger partial charge in [0.1, 0.15) is 11.5 Å². The largest absolute Gasteiger partial charge is 0.458 e. The summed E-state index contributed by atoms with van der Waals surface area (Å²) in [4.78, 5) is 10.9. The van der Waals surface area contributed by atoms with Crippen LogP contribution < -0.4 is 0 Å². The number of ether oxygens (including phenoxy) is 2. The van der Waals surface area contributed by atoms with Crippen LogP contribution in [0.3, 0.4) is 0 Å². The lowest BCUT2D eigenvalue weighted by molar-refractivity contribution is -0.191. The zero-order chi connectivity index (χ0) is 11.6. The van der Waals surface area contributed by atoms with E-state index in [1.165, 1.54) is 6.92 Å². The Bertz CT molecular complexity index is 233. The molecular formula is C10H18O4S. The standard InChI is InChI=1S/C10H18O4S/c1-4-7-8(12)5(2)9(10(15)14-7)13-6(3)11/h5,7-10,12,15H,4H2,1-3H3/t5-,7?,8+,9?,10+/m0/s1. The average Bonchev–Trinajstić information content (AvgIpc) is 2.18. The maximum atomic E-state index is 10.9. The molecule has 1 rings (SSSR count). The van der Waals surface area contributed by atoms with E-state index in [2.05, 4.69) is 12.6 Å². The minimum Gasteiger partial charge on any atom is -0.458 e. The van der Waals surface area contributed by atoms with Crippen molar-refractivity contribution in [1.82, 2.24) is 0 Å². The van der Waals surface area contributed by atoms with Gasteiger partial charge in [0, 0.05) is 12.8 Å². The van der Waals surface area contributed by atoms with Crippen LogP contribution >= 0.6 is 12.6 Å². The molecular weight excluding hydrogens is 216 g/mol. The molecule has 0 amide bonds. The van der Waals surface area contributed by atoms with E-state index in [1.54, 1.807) is 0 Å². The van der Waals surface area contributed by atoms with Crippen LogP contribution in [0.25, 0.3) is 0 Å². The summed E-state index contributed by atoms with van der Waals surface area (Å²) in [5, 5.41) is 9.89. The number of esters is 1. The van der Waals surface area contributed by atoms with Crippen molar-refractivity contribution in [3.05, 3.63) is 0 Å².